The van der Waals surface area contributed by atoms with E-state index in [9.17, 15) is 14.4 Å². The average Bonchev–Trinajstić information content (AvgIpc) is 2.90. The Bertz CT molecular complexity index is 981. The van der Waals surface area contributed by atoms with Crippen LogP contribution in [0.4, 0.5) is 4.79 Å². The molecule has 6 nitrogen and oxygen atoms in total. The number of urea groups is 1. The Morgan fingerprint density at radius 2 is 1.80 bits per heavy atom. The Kier molecular flexibility index (Phi) is 6.38. The van der Waals surface area contributed by atoms with Crippen LogP contribution < -0.4 is 5.32 Å². The highest BCUT2D eigenvalue weighted by molar-refractivity contribution is 6.35. The van der Waals surface area contributed by atoms with Gasteiger partial charge >= 0.3 is 6.03 Å². The summed E-state index contributed by atoms with van der Waals surface area (Å²) in [5.41, 5.74) is 0.0163. The van der Waals surface area contributed by atoms with E-state index in [0.29, 0.717) is 17.1 Å². The highest BCUT2D eigenvalue weighted by Gasteiger charge is 2.50. The number of nitrogens with one attached hydrogen (secondary N) is 1. The fourth-order valence-electron chi connectivity index (χ4n) is 3.48. The highest BCUT2D eigenvalue weighted by atomic mass is 35.5. The molecule has 2 aromatic rings. The quantitative estimate of drug-likeness (QED) is 0.674. The van der Waals surface area contributed by atoms with Crippen molar-refractivity contribution in [2.45, 2.75) is 38.9 Å². The van der Waals surface area contributed by atoms with Crippen molar-refractivity contribution >= 4 is 41.0 Å². The van der Waals surface area contributed by atoms with E-state index < -0.39 is 17.5 Å². The maximum Gasteiger partial charge on any atom is 0.325 e. The topological polar surface area (TPSA) is 69.7 Å². The molecule has 0 aliphatic carbocycles. The van der Waals surface area contributed by atoms with E-state index in [0.717, 1.165) is 10.5 Å². The Morgan fingerprint density at radius 3 is 2.40 bits per heavy atom. The molecule has 1 aliphatic rings. The van der Waals surface area contributed by atoms with Crippen LogP contribution in [0.1, 0.15) is 31.9 Å². The van der Waals surface area contributed by atoms with Crippen molar-refractivity contribution in [3.05, 3.63) is 69.7 Å². The van der Waals surface area contributed by atoms with E-state index in [1.807, 2.05) is 44.2 Å². The average molecular weight is 448 g/mol. The van der Waals surface area contributed by atoms with Crippen LogP contribution in [0.15, 0.2) is 48.5 Å². The molecule has 1 heterocycles. The van der Waals surface area contributed by atoms with Crippen molar-refractivity contribution in [2.24, 2.45) is 0 Å². The van der Waals surface area contributed by atoms with Crippen molar-refractivity contribution in [2.75, 3.05) is 6.54 Å². The van der Waals surface area contributed by atoms with Crippen molar-refractivity contribution in [3.8, 4) is 0 Å². The fourth-order valence-corrected chi connectivity index (χ4v) is 4.08. The number of rotatable bonds is 6. The summed E-state index contributed by atoms with van der Waals surface area (Å²) in [6, 6.07) is 13.5. The summed E-state index contributed by atoms with van der Waals surface area (Å²) in [6.07, 6.45) is 0. The van der Waals surface area contributed by atoms with Crippen LogP contribution in [0.5, 0.6) is 0 Å². The summed E-state index contributed by atoms with van der Waals surface area (Å²) in [7, 11) is 0. The lowest BCUT2D eigenvalue weighted by Crippen LogP contribution is -2.46. The lowest BCUT2D eigenvalue weighted by molar-refractivity contribution is -0.140. The van der Waals surface area contributed by atoms with Gasteiger partial charge in [-0.1, -0.05) is 59.6 Å². The molecule has 1 fully saturated rings. The van der Waals surface area contributed by atoms with Crippen LogP contribution in [-0.2, 0) is 21.7 Å². The first-order chi connectivity index (χ1) is 14.1. The van der Waals surface area contributed by atoms with Gasteiger partial charge in [0.25, 0.3) is 5.91 Å². The second-order valence-corrected chi connectivity index (χ2v) is 8.52. The van der Waals surface area contributed by atoms with Crippen LogP contribution in [0.25, 0.3) is 0 Å². The zero-order valence-corrected chi connectivity index (χ0v) is 18.5. The maximum absolute atomic E-state index is 13.1. The molecular formula is C22H23Cl2N3O3. The van der Waals surface area contributed by atoms with Gasteiger partial charge in [0, 0.05) is 28.2 Å². The number of carbonyl (C=O) groups excluding carboxylic acids is 3. The molecule has 1 N–H and O–H groups in total. The summed E-state index contributed by atoms with van der Waals surface area (Å²) in [6.45, 7) is 5.39. The lowest BCUT2D eigenvalue weighted by atomic mass is 9.92. The number of nitrogens with zero attached hydrogens (tertiary/aromatic N) is 2. The third-order valence-corrected chi connectivity index (χ3v) is 5.73. The van der Waals surface area contributed by atoms with E-state index in [1.54, 1.807) is 24.0 Å². The minimum atomic E-state index is -1.37. The molecule has 8 heteroatoms. The number of imide groups is 1. The van der Waals surface area contributed by atoms with Crippen LogP contribution in [0.2, 0.25) is 10.0 Å². The van der Waals surface area contributed by atoms with Crippen molar-refractivity contribution in [3.63, 3.8) is 0 Å². The molecule has 1 atom stereocenters. The number of benzene rings is 2. The number of hydrogen-bond donors (Lipinski definition) is 1. The summed E-state index contributed by atoms with van der Waals surface area (Å²) in [5, 5.41) is 3.35. The van der Waals surface area contributed by atoms with E-state index in [1.165, 1.54) is 6.07 Å². The molecule has 0 unspecified atom stereocenters. The molecule has 158 valence electrons. The van der Waals surface area contributed by atoms with E-state index in [4.69, 9.17) is 23.2 Å². The third kappa shape index (κ3) is 4.30. The SMILES string of the molecule is CC(C)N(Cc1ccccc1)C(=O)CN1C(=O)N[C@](C)(c2ccc(Cl)cc2Cl)C1=O. The molecule has 0 spiro atoms. The van der Waals surface area contributed by atoms with Crippen molar-refractivity contribution in [1.29, 1.82) is 0 Å². The largest absolute Gasteiger partial charge is 0.334 e. The standard InChI is InChI=1S/C22H23Cl2N3O3/c1-14(2)26(12-15-7-5-4-6-8-15)19(28)13-27-20(29)22(3,25-21(27)30)17-10-9-16(23)11-18(17)24/h4-11,14H,12-13H2,1-3H3,(H,25,30)/t22-/m1/s1. The number of amides is 4. The van der Waals surface area contributed by atoms with Gasteiger partial charge in [0.1, 0.15) is 12.1 Å². The summed E-state index contributed by atoms with van der Waals surface area (Å²) in [4.78, 5) is 41.3. The number of hydrogen-bond acceptors (Lipinski definition) is 3. The van der Waals surface area contributed by atoms with Gasteiger partial charge in [0.15, 0.2) is 0 Å². The van der Waals surface area contributed by atoms with Gasteiger partial charge in [0.05, 0.1) is 0 Å². The monoisotopic (exact) mass is 447 g/mol. The lowest BCUT2D eigenvalue weighted by Gasteiger charge is -2.29. The first-order valence-corrected chi connectivity index (χ1v) is 10.3. The Labute approximate surface area is 185 Å². The van der Waals surface area contributed by atoms with Crippen LogP contribution >= 0.6 is 23.2 Å². The van der Waals surface area contributed by atoms with E-state index >= 15 is 0 Å². The number of carbonyl (C=O) groups is 3. The highest BCUT2D eigenvalue weighted by Crippen LogP contribution is 2.35. The number of halogens is 2. The maximum atomic E-state index is 13.1. The Hall–Kier alpha value is -2.57. The van der Waals surface area contributed by atoms with E-state index in [-0.39, 0.29) is 23.5 Å². The van der Waals surface area contributed by atoms with Gasteiger partial charge in [-0.15, -0.1) is 0 Å². The van der Waals surface area contributed by atoms with Crippen LogP contribution in [-0.4, -0.2) is 40.2 Å². The molecule has 3 rings (SSSR count). The van der Waals surface area contributed by atoms with Crippen LogP contribution in [0, 0.1) is 0 Å². The van der Waals surface area contributed by atoms with Crippen molar-refractivity contribution < 1.29 is 14.4 Å². The molecule has 0 radical (unpaired) electrons. The summed E-state index contributed by atoms with van der Waals surface area (Å²) < 4.78 is 0. The Balaban J connectivity index is 1.81. The molecule has 1 saturated heterocycles. The molecule has 2 aromatic carbocycles. The molecule has 0 bridgehead atoms. The Morgan fingerprint density at radius 1 is 1.13 bits per heavy atom. The van der Waals surface area contributed by atoms with Gasteiger partial charge in [-0.2, -0.15) is 0 Å². The second-order valence-electron chi connectivity index (χ2n) is 7.67. The molecular weight excluding hydrogens is 425 g/mol. The summed E-state index contributed by atoms with van der Waals surface area (Å²) >= 11 is 12.2. The minimum Gasteiger partial charge on any atom is -0.334 e. The van der Waals surface area contributed by atoms with Gasteiger partial charge in [-0.05, 0) is 38.5 Å². The first-order valence-electron chi connectivity index (χ1n) is 9.56. The predicted molar refractivity (Wildman–Crippen MR) is 116 cm³/mol. The minimum absolute atomic E-state index is 0.101. The van der Waals surface area contributed by atoms with Gasteiger partial charge < -0.3 is 10.2 Å². The zero-order chi connectivity index (χ0) is 22.1. The van der Waals surface area contributed by atoms with Crippen molar-refractivity contribution in [1.82, 2.24) is 15.1 Å². The van der Waals surface area contributed by atoms with E-state index in [2.05, 4.69) is 5.32 Å². The smallest absolute Gasteiger partial charge is 0.325 e. The predicted octanol–water partition coefficient (Wildman–Crippen LogP) is 4.20. The van der Waals surface area contributed by atoms with Gasteiger partial charge in [-0.25, -0.2) is 4.79 Å². The normalized spacial score (nSPS) is 18.7. The molecule has 0 saturated carbocycles. The molecule has 0 aromatic heterocycles. The van der Waals surface area contributed by atoms with Gasteiger partial charge in [-0.3, -0.25) is 14.5 Å². The van der Waals surface area contributed by atoms with Gasteiger partial charge in [0.2, 0.25) is 5.91 Å². The first kappa shape index (κ1) is 22.1. The molecule has 30 heavy (non-hydrogen) atoms. The second kappa shape index (κ2) is 8.66. The van der Waals surface area contributed by atoms with Crippen LogP contribution in [0.3, 0.4) is 0 Å². The third-order valence-electron chi connectivity index (χ3n) is 5.18. The zero-order valence-electron chi connectivity index (χ0n) is 17.0. The molecule has 4 amide bonds. The molecule has 1 aliphatic heterocycles. The fraction of sp³-hybridized carbons (Fsp3) is 0.318. The summed E-state index contributed by atoms with van der Waals surface area (Å²) in [5.74, 6) is -0.850.